The summed E-state index contributed by atoms with van der Waals surface area (Å²) in [5, 5.41) is 3.85. The first-order chi connectivity index (χ1) is 7.84. The summed E-state index contributed by atoms with van der Waals surface area (Å²) in [5.74, 6) is 0.135. The van der Waals surface area contributed by atoms with Crippen LogP contribution in [0.1, 0.15) is 5.56 Å². The second-order valence-corrected chi connectivity index (χ2v) is 3.32. The molecule has 2 aromatic rings. The summed E-state index contributed by atoms with van der Waals surface area (Å²) < 4.78 is 7.10. The van der Waals surface area contributed by atoms with E-state index in [1.54, 1.807) is 6.20 Å². The number of hydrazone groups is 1. The molecule has 1 amide bonds. The van der Waals surface area contributed by atoms with Crippen molar-refractivity contribution in [1.82, 2.24) is 14.8 Å². The third-order valence-corrected chi connectivity index (χ3v) is 2.27. The molecule has 2 aromatic heterocycles. The summed E-state index contributed by atoms with van der Waals surface area (Å²) in [6.45, 7) is -0.0133. The van der Waals surface area contributed by atoms with Gasteiger partial charge in [-0.15, -0.1) is 5.10 Å². The van der Waals surface area contributed by atoms with E-state index in [-0.39, 0.29) is 12.5 Å². The molecule has 0 saturated carbocycles. The van der Waals surface area contributed by atoms with Gasteiger partial charge in [0.05, 0.1) is 5.56 Å². The lowest BCUT2D eigenvalue weighted by atomic mass is 10.2. The number of imidazole rings is 1. The summed E-state index contributed by atoms with van der Waals surface area (Å²) in [7, 11) is 0. The van der Waals surface area contributed by atoms with Crippen LogP contribution in [0.4, 0.5) is 0 Å². The van der Waals surface area contributed by atoms with E-state index >= 15 is 0 Å². The fourth-order valence-corrected chi connectivity index (χ4v) is 1.56. The van der Waals surface area contributed by atoms with Gasteiger partial charge in [-0.05, 0) is 12.1 Å². The molecule has 0 atom stereocenters. The minimum Gasteiger partial charge on any atom is -0.466 e. The van der Waals surface area contributed by atoms with E-state index < -0.39 is 0 Å². The monoisotopic (exact) mass is 216 g/mol. The zero-order valence-corrected chi connectivity index (χ0v) is 8.25. The van der Waals surface area contributed by atoms with Gasteiger partial charge in [-0.2, -0.15) is 0 Å². The number of carbonyl (C=O) groups excluding carboxylic acids is 1. The van der Waals surface area contributed by atoms with Gasteiger partial charge in [-0.3, -0.25) is 4.79 Å². The Hall–Kier alpha value is -2.37. The van der Waals surface area contributed by atoms with Crippen LogP contribution in [0.2, 0.25) is 0 Å². The third kappa shape index (κ3) is 1.31. The Bertz CT molecular complexity index is 587. The van der Waals surface area contributed by atoms with Gasteiger partial charge >= 0.3 is 0 Å². The average Bonchev–Trinajstić information content (AvgIpc) is 2.78. The summed E-state index contributed by atoms with van der Waals surface area (Å²) in [5.41, 5.74) is 3.88. The molecule has 0 saturated heterocycles. The number of hydrogen-bond acceptors (Lipinski definition) is 4. The van der Waals surface area contributed by atoms with Crippen molar-refractivity contribution in [2.75, 3.05) is 6.61 Å². The van der Waals surface area contributed by atoms with Gasteiger partial charge in [0.25, 0.3) is 5.91 Å². The number of nitrogens with zero attached hydrogens (tertiary/aromatic N) is 3. The minimum absolute atomic E-state index is 0.0133. The van der Waals surface area contributed by atoms with E-state index in [9.17, 15) is 4.79 Å². The van der Waals surface area contributed by atoms with Crippen LogP contribution in [-0.2, 0) is 9.53 Å². The van der Waals surface area contributed by atoms with Crippen molar-refractivity contribution < 1.29 is 9.53 Å². The highest BCUT2D eigenvalue weighted by Gasteiger charge is 2.17. The molecule has 0 fully saturated rings. The molecule has 0 spiro atoms. The van der Waals surface area contributed by atoms with Crippen LogP contribution in [0.25, 0.3) is 5.65 Å². The molecule has 3 rings (SSSR count). The molecule has 0 unspecified atom stereocenters. The van der Waals surface area contributed by atoms with Gasteiger partial charge in [0.2, 0.25) is 5.90 Å². The van der Waals surface area contributed by atoms with Crippen molar-refractivity contribution in [3.8, 4) is 0 Å². The van der Waals surface area contributed by atoms with Gasteiger partial charge in [0.1, 0.15) is 5.65 Å². The zero-order valence-electron chi connectivity index (χ0n) is 8.25. The normalized spacial score (nSPS) is 15.5. The smallest absolute Gasteiger partial charge is 0.278 e. The maximum absolute atomic E-state index is 10.9. The van der Waals surface area contributed by atoms with Crippen LogP contribution in [-0.4, -0.2) is 27.8 Å². The van der Waals surface area contributed by atoms with E-state index in [1.807, 2.05) is 28.9 Å². The van der Waals surface area contributed by atoms with Gasteiger partial charge in [0, 0.05) is 18.6 Å². The van der Waals surface area contributed by atoms with Crippen molar-refractivity contribution in [3.63, 3.8) is 0 Å². The van der Waals surface area contributed by atoms with Crippen LogP contribution in [0, 0.1) is 0 Å². The van der Waals surface area contributed by atoms with Crippen molar-refractivity contribution in [1.29, 1.82) is 0 Å². The lowest BCUT2D eigenvalue weighted by Crippen LogP contribution is -2.32. The van der Waals surface area contributed by atoms with Crippen molar-refractivity contribution >= 4 is 17.5 Å². The number of nitrogens with one attached hydrogen (secondary N) is 1. The van der Waals surface area contributed by atoms with Crippen molar-refractivity contribution in [2.24, 2.45) is 5.10 Å². The molecule has 0 aromatic carbocycles. The Kier molecular flexibility index (Phi) is 1.86. The number of aromatic nitrogens is 2. The van der Waals surface area contributed by atoms with Crippen LogP contribution >= 0.6 is 0 Å². The lowest BCUT2D eigenvalue weighted by molar-refractivity contribution is -0.124. The first-order valence-corrected chi connectivity index (χ1v) is 4.76. The second-order valence-electron chi connectivity index (χ2n) is 3.32. The summed E-state index contributed by atoms with van der Waals surface area (Å²) in [4.78, 5) is 15.1. The number of amides is 1. The number of pyridine rings is 1. The van der Waals surface area contributed by atoms with Gasteiger partial charge in [-0.25, -0.2) is 10.4 Å². The van der Waals surface area contributed by atoms with Crippen LogP contribution in [0.15, 0.2) is 35.8 Å². The molecule has 3 heterocycles. The molecule has 6 heteroatoms. The SMILES string of the molecule is O=C1COC(c2cccn3ccnc23)=NN1. The Balaban J connectivity index is 2.12. The number of ether oxygens (including phenoxy) is 1. The summed E-state index contributed by atoms with van der Waals surface area (Å²) in [6, 6.07) is 3.71. The Labute approximate surface area is 90.5 Å². The van der Waals surface area contributed by atoms with Crippen molar-refractivity contribution in [3.05, 3.63) is 36.3 Å². The fourth-order valence-electron chi connectivity index (χ4n) is 1.56. The Morgan fingerprint density at radius 3 is 3.19 bits per heavy atom. The highest BCUT2D eigenvalue weighted by atomic mass is 16.5. The average molecular weight is 216 g/mol. The maximum Gasteiger partial charge on any atom is 0.278 e. The van der Waals surface area contributed by atoms with E-state index in [2.05, 4.69) is 15.5 Å². The van der Waals surface area contributed by atoms with E-state index in [4.69, 9.17) is 4.74 Å². The van der Waals surface area contributed by atoms with E-state index in [0.717, 1.165) is 11.2 Å². The second kappa shape index (κ2) is 3.34. The number of rotatable bonds is 1. The van der Waals surface area contributed by atoms with Crippen molar-refractivity contribution in [2.45, 2.75) is 0 Å². The quantitative estimate of drug-likeness (QED) is 0.737. The predicted molar refractivity (Wildman–Crippen MR) is 55.8 cm³/mol. The van der Waals surface area contributed by atoms with E-state index in [1.165, 1.54) is 0 Å². The summed E-state index contributed by atoms with van der Waals surface area (Å²) >= 11 is 0. The van der Waals surface area contributed by atoms with Crippen LogP contribution in [0.5, 0.6) is 0 Å². The highest BCUT2D eigenvalue weighted by molar-refractivity contribution is 6.02. The molecule has 1 aliphatic rings. The molecular formula is C10H8N4O2. The third-order valence-electron chi connectivity index (χ3n) is 2.27. The fraction of sp³-hybridized carbons (Fsp3) is 0.100. The number of carbonyl (C=O) groups is 1. The standard InChI is InChI=1S/C10H8N4O2/c15-8-6-16-10(13-12-8)7-2-1-4-14-5-3-11-9(7)14/h1-5H,6H2,(H,12,15). The Morgan fingerprint density at radius 1 is 1.44 bits per heavy atom. The summed E-state index contributed by atoms with van der Waals surface area (Å²) in [6.07, 6.45) is 5.41. The molecule has 0 aliphatic carbocycles. The zero-order chi connectivity index (χ0) is 11.0. The Morgan fingerprint density at radius 2 is 2.38 bits per heavy atom. The molecule has 6 nitrogen and oxygen atoms in total. The topological polar surface area (TPSA) is 68.0 Å². The van der Waals surface area contributed by atoms with E-state index in [0.29, 0.717) is 5.90 Å². The van der Waals surface area contributed by atoms with Gasteiger partial charge in [-0.1, -0.05) is 0 Å². The van der Waals surface area contributed by atoms with Crippen LogP contribution in [0.3, 0.4) is 0 Å². The lowest BCUT2D eigenvalue weighted by Gasteiger charge is -2.13. The number of hydrogen-bond donors (Lipinski definition) is 1. The highest BCUT2D eigenvalue weighted by Crippen LogP contribution is 2.11. The first-order valence-electron chi connectivity index (χ1n) is 4.76. The molecule has 1 N–H and O–H groups in total. The molecule has 16 heavy (non-hydrogen) atoms. The molecular weight excluding hydrogens is 208 g/mol. The van der Waals surface area contributed by atoms with Gasteiger partial charge < -0.3 is 9.14 Å². The number of fused-ring (bicyclic) bond motifs is 1. The molecule has 0 radical (unpaired) electrons. The van der Waals surface area contributed by atoms with Gasteiger partial charge in [0.15, 0.2) is 6.61 Å². The molecule has 1 aliphatic heterocycles. The molecule has 80 valence electrons. The predicted octanol–water partition coefficient (Wildman–Crippen LogP) is 0.142. The minimum atomic E-state index is -0.251. The maximum atomic E-state index is 10.9. The molecule has 0 bridgehead atoms. The largest absolute Gasteiger partial charge is 0.466 e. The van der Waals surface area contributed by atoms with Crippen LogP contribution < -0.4 is 5.43 Å². The first kappa shape index (κ1) is 8.90.